The third kappa shape index (κ3) is 2.94. The normalized spacial score (nSPS) is 28.2. The van der Waals surface area contributed by atoms with Crippen molar-refractivity contribution in [3.8, 4) is 0 Å². The summed E-state index contributed by atoms with van der Waals surface area (Å²) in [6.45, 7) is 4.16. The summed E-state index contributed by atoms with van der Waals surface area (Å²) in [7, 11) is 0. The lowest BCUT2D eigenvalue weighted by Gasteiger charge is -2.29. The first-order valence-electron chi connectivity index (χ1n) is 9.01. The van der Waals surface area contributed by atoms with Gasteiger partial charge in [0.25, 0.3) is 0 Å². The zero-order valence-corrected chi connectivity index (χ0v) is 15.1. The number of pyridine rings is 1. The molecule has 2 saturated carbocycles. The second kappa shape index (κ2) is 6.43. The van der Waals surface area contributed by atoms with Crippen molar-refractivity contribution in [1.82, 2.24) is 14.7 Å². The molecule has 0 spiro atoms. The Kier molecular flexibility index (Phi) is 4.29. The van der Waals surface area contributed by atoms with Crippen LogP contribution >= 0.6 is 11.8 Å². The molecular formula is C19H25N3OS. The molecule has 2 aromatic rings. The van der Waals surface area contributed by atoms with Crippen LogP contribution in [0.3, 0.4) is 0 Å². The monoisotopic (exact) mass is 343 g/mol. The molecule has 1 amide bonds. The average molecular weight is 343 g/mol. The molecule has 128 valence electrons. The Morgan fingerprint density at radius 2 is 2.21 bits per heavy atom. The molecule has 2 aliphatic carbocycles. The van der Waals surface area contributed by atoms with Crippen molar-refractivity contribution in [2.24, 2.45) is 17.8 Å². The van der Waals surface area contributed by atoms with Gasteiger partial charge in [-0.25, -0.2) is 4.98 Å². The van der Waals surface area contributed by atoms with E-state index >= 15 is 0 Å². The highest BCUT2D eigenvalue weighted by Gasteiger charge is 2.42. The number of carbonyl (C=O) groups is 1. The number of rotatable bonds is 5. The first-order chi connectivity index (χ1) is 11.6. The third-order valence-corrected chi connectivity index (χ3v) is 6.94. The molecule has 0 radical (unpaired) electrons. The largest absolute Gasteiger partial charge is 0.352 e. The van der Waals surface area contributed by atoms with Crippen LogP contribution in [0.25, 0.3) is 5.52 Å². The summed E-state index contributed by atoms with van der Waals surface area (Å²) in [4.78, 5) is 17.1. The first kappa shape index (κ1) is 16.0. The lowest BCUT2D eigenvalue weighted by Crippen LogP contribution is -2.43. The van der Waals surface area contributed by atoms with E-state index in [0.29, 0.717) is 5.92 Å². The maximum Gasteiger partial charge on any atom is 0.233 e. The molecule has 1 N–H and O–H groups in total. The molecule has 4 rings (SSSR count). The molecule has 5 unspecified atom stereocenters. The van der Waals surface area contributed by atoms with E-state index < -0.39 is 0 Å². The van der Waals surface area contributed by atoms with Gasteiger partial charge >= 0.3 is 0 Å². The van der Waals surface area contributed by atoms with Crippen molar-refractivity contribution in [2.75, 3.05) is 0 Å². The Hall–Kier alpha value is -1.49. The number of imidazole rings is 1. The molecule has 2 heterocycles. The van der Waals surface area contributed by atoms with Gasteiger partial charge in [0.2, 0.25) is 5.91 Å². The maximum absolute atomic E-state index is 12.6. The van der Waals surface area contributed by atoms with Crippen LogP contribution in [0, 0.1) is 17.8 Å². The summed E-state index contributed by atoms with van der Waals surface area (Å²) in [5, 5.41) is 4.00. The molecular weight excluding hydrogens is 318 g/mol. The highest BCUT2D eigenvalue weighted by molar-refractivity contribution is 8.00. The summed E-state index contributed by atoms with van der Waals surface area (Å²) in [5.74, 6) is 2.56. The lowest BCUT2D eigenvalue weighted by molar-refractivity contribution is -0.121. The van der Waals surface area contributed by atoms with Crippen LogP contribution in [0.1, 0.15) is 39.5 Å². The van der Waals surface area contributed by atoms with Gasteiger partial charge in [-0.05, 0) is 63.0 Å². The fraction of sp³-hybridized carbons (Fsp3) is 0.579. The minimum atomic E-state index is -0.142. The third-order valence-electron chi connectivity index (χ3n) is 5.86. The summed E-state index contributed by atoms with van der Waals surface area (Å²) >= 11 is 1.53. The van der Waals surface area contributed by atoms with Gasteiger partial charge < -0.3 is 5.32 Å². The number of nitrogens with one attached hydrogen (secondary N) is 1. The summed E-state index contributed by atoms with van der Waals surface area (Å²) in [6.07, 6.45) is 9.30. The van der Waals surface area contributed by atoms with Crippen molar-refractivity contribution < 1.29 is 4.79 Å². The molecule has 0 aliphatic heterocycles. The Morgan fingerprint density at radius 3 is 2.96 bits per heavy atom. The van der Waals surface area contributed by atoms with E-state index in [1.807, 2.05) is 41.9 Å². The molecule has 0 aromatic carbocycles. The quantitative estimate of drug-likeness (QED) is 0.841. The van der Waals surface area contributed by atoms with Crippen LogP contribution < -0.4 is 5.32 Å². The number of hydrogen-bond donors (Lipinski definition) is 1. The van der Waals surface area contributed by atoms with Gasteiger partial charge in [0.1, 0.15) is 0 Å². The zero-order valence-electron chi connectivity index (χ0n) is 14.3. The predicted molar refractivity (Wildman–Crippen MR) is 97.1 cm³/mol. The van der Waals surface area contributed by atoms with Crippen LogP contribution in [0.2, 0.25) is 0 Å². The Morgan fingerprint density at radius 1 is 1.33 bits per heavy atom. The Labute approximate surface area is 147 Å². The molecule has 2 bridgehead atoms. The topological polar surface area (TPSA) is 46.4 Å². The SMILES string of the molecule is CC(Sc1ncc2ccccn12)C(=O)NC(C)C1CC2CCC1C2. The number of thioether (sulfide) groups is 1. The number of nitrogens with zero attached hydrogens (tertiary/aromatic N) is 2. The summed E-state index contributed by atoms with van der Waals surface area (Å²) in [5.41, 5.74) is 1.06. The number of carbonyl (C=O) groups excluding carboxylic acids is 1. The fourth-order valence-corrected chi connectivity index (χ4v) is 5.46. The van der Waals surface area contributed by atoms with Gasteiger partial charge in [-0.2, -0.15) is 0 Å². The van der Waals surface area contributed by atoms with Crippen LogP contribution in [-0.4, -0.2) is 26.6 Å². The predicted octanol–water partition coefficient (Wildman–Crippen LogP) is 3.76. The van der Waals surface area contributed by atoms with E-state index in [2.05, 4.69) is 17.2 Å². The van der Waals surface area contributed by atoms with Crippen LogP contribution in [0.5, 0.6) is 0 Å². The summed E-state index contributed by atoms with van der Waals surface area (Å²) < 4.78 is 2.04. The van der Waals surface area contributed by atoms with Crippen LogP contribution in [0.15, 0.2) is 35.7 Å². The molecule has 5 heteroatoms. The second-order valence-electron chi connectivity index (χ2n) is 7.43. The van der Waals surface area contributed by atoms with Crippen molar-refractivity contribution in [2.45, 2.75) is 56.0 Å². The number of amides is 1. The van der Waals surface area contributed by atoms with Crippen LogP contribution in [-0.2, 0) is 4.79 Å². The molecule has 24 heavy (non-hydrogen) atoms. The highest BCUT2D eigenvalue weighted by atomic mass is 32.2. The zero-order chi connectivity index (χ0) is 16.7. The van der Waals surface area contributed by atoms with Crippen molar-refractivity contribution >= 4 is 23.2 Å². The number of fused-ring (bicyclic) bond motifs is 3. The highest BCUT2D eigenvalue weighted by Crippen LogP contribution is 2.49. The molecule has 5 atom stereocenters. The lowest BCUT2D eigenvalue weighted by atomic mass is 9.84. The van der Waals surface area contributed by atoms with Crippen molar-refractivity contribution in [3.05, 3.63) is 30.6 Å². The van der Waals surface area contributed by atoms with E-state index in [-0.39, 0.29) is 17.2 Å². The van der Waals surface area contributed by atoms with E-state index in [9.17, 15) is 4.79 Å². The number of aromatic nitrogens is 2. The van der Waals surface area contributed by atoms with Gasteiger partial charge in [0.15, 0.2) is 5.16 Å². The van der Waals surface area contributed by atoms with Crippen molar-refractivity contribution in [1.29, 1.82) is 0 Å². The van der Waals surface area contributed by atoms with E-state index in [1.54, 1.807) is 0 Å². The Balaban J connectivity index is 1.37. The molecule has 2 aromatic heterocycles. The fourth-order valence-electron chi connectivity index (χ4n) is 4.57. The molecule has 4 nitrogen and oxygen atoms in total. The number of hydrogen-bond acceptors (Lipinski definition) is 3. The van der Waals surface area contributed by atoms with Gasteiger partial charge in [-0.3, -0.25) is 9.20 Å². The maximum atomic E-state index is 12.6. The second-order valence-corrected chi connectivity index (χ2v) is 8.74. The smallest absolute Gasteiger partial charge is 0.233 e. The van der Waals surface area contributed by atoms with Crippen LogP contribution in [0.4, 0.5) is 0 Å². The van der Waals surface area contributed by atoms with Crippen molar-refractivity contribution in [3.63, 3.8) is 0 Å². The Bertz CT molecular complexity index is 743. The van der Waals surface area contributed by atoms with Gasteiger partial charge in [0, 0.05) is 12.2 Å². The van der Waals surface area contributed by atoms with Gasteiger partial charge in [-0.15, -0.1) is 0 Å². The van der Waals surface area contributed by atoms with Gasteiger partial charge in [0.05, 0.1) is 17.0 Å². The van der Waals surface area contributed by atoms with Gasteiger partial charge in [-0.1, -0.05) is 24.2 Å². The average Bonchev–Trinajstić information content (AvgIpc) is 3.30. The standard InChI is InChI=1S/C19H25N3OS/c1-12(17-10-14-6-7-15(17)9-14)21-18(23)13(2)24-19-20-11-16-5-3-4-8-22(16)19/h3-5,8,11-15,17H,6-7,9-10H2,1-2H3,(H,21,23). The molecule has 2 fully saturated rings. The van der Waals surface area contributed by atoms with E-state index in [4.69, 9.17) is 0 Å². The van der Waals surface area contributed by atoms with E-state index in [0.717, 1.165) is 22.5 Å². The minimum absolute atomic E-state index is 0.128. The first-order valence-corrected chi connectivity index (χ1v) is 9.89. The molecule has 2 aliphatic rings. The van der Waals surface area contributed by atoms with E-state index in [1.165, 1.54) is 37.4 Å². The minimum Gasteiger partial charge on any atom is -0.352 e. The summed E-state index contributed by atoms with van der Waals surface area (Å²) in [6, 6.07) is 6.30. The molecule has 0 saturated heterocycles.